The van der Waals surface area contributed by atoms with Crippen LogP contribution in [0.1, 0.15) is 22.8 Å². The average Bonchev–Trinajstić information content (AvgIpc) is 3.07. The third-order valence-electron chi connectivity index (χ3n) is 3.72. The number of aromatic nitrogens is 2. The van der Waals surface area contributed by atoms with E-state index in [0.717, 1.165) is 13.0 Å². The third kappa shape index (κ3) is 2.74. The molecule has 0 bridgehead atoms. The molecule has 21 heavy (non-hydrogen) atoms. The number of likely N-dealkylation sites (N-methyl/N-ethyl adjacent to an activating group) is 1. The second-order valence-electron chi connectivity index (χ2n) is 5.21. The van der Waals surface area contributed by atoms with E-state index in [9.17, 15) is 4.79 Å². The summed E-state index contributed by atoms with van der Waals surface area (Å²) in [5.74, 6) is 0.850. The van der Waals surface area contributed by atoms with Gasteiger partial charge < -0.3 is 14.7 Å². The zero-order valence-electron chi connectivity index (χ0n) is 12.2. The van der Waals surface area contributed by atoms with Crippen LogP contribution in [0.3, 0.4) is 0 Å². The van der Waals surface area contributed by atoms with Crippen molar-refractivity contribution >= 4 is 11.6 Å². The first-order valence-electron chi connectivity index (χ1n) is 7.03. The lowest BCUT2D eigenvalue weighted by Crippen LogP contribution is -2.21. The summed E-state index contributed by atoms with van der Waals surface area (Å²) in [7, 11) is 1.59. The normalized spacial score (nSPS) is 13.3. The van der Waals surface area contributed by atoms with Gasteiger partial charge in [0, 0.05) is 19.3 Å². The van der Waals surface area contributed by atoms with E-state index >= 15 is 0 Å². The van der Waals surface area contributed by atoms with E-state index in [0.29, 0.717) is 18.3 Å². The standard InChI is InChI=1S/C15H18N4O2/c1-10-4-3-5-11-6-7-19(15(10)11)9-14-17-12(18-21-14)8-13(20)16-2/h3-5H,6-9H2,1-2H3,(H,16,20). The molecule has 1 N–H and O–H groups in total. The summed E-state index contributed by atoms with van der Waals surface area (Å²) >= 11 is 0. The van der Waals surface area contributed by atoms with Crippen LogP contribution in [-0.4, -0.2) is 29.6 Å². The highest BCUT2D eigenvalue weighted by molar-refractivity contribution is 5.77. The number of hydrogen-bond donors (Lipinski definition) is 1. The summed E-state index contributed by atoms with van der Waals surface area (Å²) in [5.41, 5.74) is 3.89. The number of nitrogens with zero attached hydrogens (tertiary/aromatic N) is 3. The van der Waals surface area contributed by atoms with Gasteiger partial charge in [-0.2, -0.15) is 4.98 Å². The maximum Gasteiger partial charge on any atom is 0.246 e. The number of rotatable bonds is 4. The summed E-state index contributed by atoms with van der Waals surface area (Å²) < 4.78 is 5.24. The van der Waals surface area contributed by atoms with Crippen molar-refractivity contribution in [2.24, 2.45) is 0 Å². The first kappa shape index (κ1) is 13.6. The number of hydrogen-bond acceptors (Lipinski definition) is 5. The predicted molar refractivity (Wildman–Crippen MR) is 78.0 cm³/mol. The molecule has 6 heteroatoms. The smallest absolute Gasteiger partial charge is 0.246 e. The third-order valence-corrected chi connectivity index (χ3v) is 3.72. The lowest BCUT2D eigenvalue weighted by atomic mass is 10.1. The van der Waals surface area contributed by atoms with Crippen molar-refractivity contribution in [3.8, 4) is 0 Å². The van der Waals surface area contributed by atoms with Gasteiger partial charge in [-0.3, -0.25) is 4.79 Å². The fourth-order valence-electron chi connectivity index (χ4n) is 2.72. The second-order valence-corrected chi connectivity index (χ2v) is 5.21. The van der Waals surface area contributed by atoms with E-state index in [1.807, 2.05) is 0 Å². The lowest BCUT2D eigenvalue weighted by molar-refractivity contribution is -0.120. The number of anilines is 1. The Bertz CT molecular complexity index is 665. The van der Waals surface area contributed by atoms with Crippen LogP contribution in [0.15, 0.2) is 22.7 Å². The molecule has 2 heterocycles. The molecule has 110 valence electrons. The van der Waals surface area contributed by atoms with Gasteiger partial charge in [0.15, 0.2) is 5.82 Å². The Balaban J connectivity index is 1.73. The highest BCUT2D eigenvalue weighted by Crippen LogP contribution is 2.32. The Labute approximate surface area is 123 Å². The van der Waals surface area contributed by atoms with Crippen LogP contribution in [-0.2, 0) is 24.2 Å². The Hall–Kier alpha value is -2.37. The van der Waals surface area contributed by atoms with Gasteiger partial charge in [-0.25, -0.2) is 0 Å². The predicted octanol–water partition coefficient (Wildman–Crippen LogP) is 1.23. The molecule has 3 rings (SSSR count). The van der Waals surface area contributed by atoms with Crippen LogP contribution in [0.4, 0.5) is 5.69 Å². The fourth-order valence-corrected chi connectivity index (χ4v) is 2.72. The van der Waals surface area contributed by atoms with E-state index < -0.39 is 0 Å². The number of amides is 1. The van der Waals surface area contributed by atoms with E-state index in [2.05, 4.69) is 45.5 Å². The van der Waals surface area contributed by atoms with Crippen molar-refractivity contribution in [1.29, 1.82) is 0 Å². The Kier molecular flexibility index (Phi) is 3.60. The molecule has 0 aliphatic carbocycles. The molecule has 1 aliphatic rings. The minimum absolute atomic E-state index is 0.121. The summed E-state index contributed by atoms with van der Waals surface area (Å²) in [6, 6.07) is 6.36. The molecule has 1 aliphatic heterocycles. The fraction of sp³-hybridized carbons (Fsp3) is 0.400. The SMILES string of the molecule is CNC(=O)Cc1noc(CN2CCc3cccc(C)c32)n1. The van der Waals surface area contributed by atoms with Crippen LogP contribution >= 0.6 is 0 Å². The van der Waals surface area contributed by atoms with Crippen LogP contribution in [0.5, 0.6) is 0 Å². The van der Waals surface area contributed by atoms with Crippen molar-refractivity contribution < 1.29 is 9.32 Å². The van der Waals surface area contributed by atoms with Crippen LogP contribution in [0, 0.1) is 6.92 Å². The van der Waals surface area contributed by atoms with Gasteiger partial charge in [0.1, 0.15) is 0 Å². The molecule has 1 amide bonds. The number of carbonyl (C=O) groups is 1. The Morgan fingerprint density at radius 3 is 3.14 bits per heavy atom. The van der Waals surface area contributed by atoms with E-state index in [1.54, 1.807) is 7.05 Å². The largest absolute Gasteiger partial charge is 0.361 e. The molecule has 6 nitrogen and oxygen atoms in total. The number of nitrogens with one attached hydrogen (secondary N) is 1. The molecule has 0 saturated heterocycles. The van der Waals surface area contributed by atoms with Gasteiger partial charge in [0.2, 0.25) is 11.8 Å². The van der Waals surface area contributed by atoms with Crippen LogP contribution < -0.4 is 10.2 Å². The molecule has 2 aromatic rings. The highest BCUT2D eigenvalue weighted by Gasteiger charge is 2.22. The van der Waals surface area contributed by atoms with Crippen molar-refractivity contribution in [2.75, 3.05) is 18.5 Å². The van der Waals surface area contributed by atoms with Gasteiger partial charge in [0.05, 0.1) is 13.0 Å². The Morgan fingerprint density at radius 1 is 1.48 bits per heavy atom. The molecule has 0 radical (unpaired) electrons. The van der Waals surface area contributed by atoms with Gasteiger partial charge in [-0.05, 0) is 24.5 Å². The monoisotopic (exact) mass is 286 g/mol. The minimum Gasteiger partial charge on any atom is -0.361 e. The number of fused-ring (bicyclic) bond motifs is 1. The second kappa shape index (κ2) is 5.55. The molecule has 1 aromatic heterocycles. The molecule has 0 unspecified atom stereocenters. The summed E-state index contributed by atoms with van der Waals surface area (Å²) in [6.07, 6.45) is 1.19. The molecular weight excluding hydrogens is 268 g/mol. The number of benzene rings is 1. The molecule has 1 aromatic carbocycles. The van der Waals surface area contributed by atoms with Gasteiger partial charge >= 0.3 is 0 Å². The van der Waals surface area contributed by atoms with E-state index in [1.165, 1.54) is 16.8 Å². The van der Waals surface area contributed by atoms with Gasteiger partial charge in [-0.1, -0.05) is 23.4 Å². The number of aryl methyl sites for hydroxylation is 1. The van der Waals surface area contributed by atoms with Crippen LogP contribution in [0.2, 0.25) is 0 Å². The maximum atomic E-state index is 11.3. The zero-order chi connectivity index (χ0) is 14.8. The molecule has 0 atom stereocenters. The van der Waals surface area contributed by atoms with Crippen LogP contribution in [0.25, 0.3) is 0 Å². The lowest BCUT2D eigenvalue weighted by Gasteiger charge is -2.18. The first-order valence-corrected chi connectivity index (χ1v) is 7.03. The van der Waals surface area contributed by atoms with Gasteiger partial charge in [0.25, 0.3) is 0 Å². The zero-order valence-corrected chi connectivity index (χ0v) is 12.2. The van der Waals surface area contributed by atoms with Crippen molar-refractivity contribution in [3.63, 3.8) is 0 Å². The molecule has 0 spiro atoms. The summed E-state index contributed by atoms with van der Waals surface area (Å²) in [5, 5.41) is 6.40. The molecule has 0 saturated carbocycles. The average molecular weight is 286 g/mol. The Morgan fingerprint density at radius 2 is 2.33 bits per heavy atom. The van der Waals surface area contributed by atoms with Crippen molar-refractivity contribution in [2.45, 2.75) is 26.3 Å². The minimum atomic E-state index is -0.121. The van der Waals surface area contributed by atoms with Crippen molar-refractivity contribution in [1.82, 2.24) is 15.5 Å². The van der Waals surface area contributed by atoms with E-state index in [4.69, 9.17) is 4.52 Å². The summed E-state index contributed by atoms with van der Waals surface area (Å²) in [4.78, 5) is 17.8. The number of para-hydroxylation sites is 1. The van der Waals surface area contributed by atoms with Gasteiger partial charge in [-0.15, -0.1) is 0 Å². The molecular formula is C15H18N4O2. The quantitative estimate of drug-likeness (QED) is 0.915. The topological polar surface area (TPSA) is 71.3 Å². The molecule has 0 fully saturated rings. The van der Waals surface area contributed by atoms with Crippen molar-refractivity contribution in [3.05, 3.63) is 41.0 Å². The first-order chi connectivity index (χ1) is 10.2. The van der Waals surface area contributed by atoms with E-state index in [-0.39, 0.29) is 12.3 Å². The summed E-state index contributed by atoms with van der Waals surface area (Å²) in [6.45, 7) is 3.65. The number of carbonyl (C=O) groups excluding carboxylic acids is 1. The maximum absolute atomic E-state index is 11.3. The highest BCUT2D eigenvalue weighted by atomic mass is 16.5.